The summed E-state index contributed by atoms with van der Waals surface area (Å²) in [5, 5.41) is 3.18. The van der Waals surface area contributed by atoms with Crippen molar-refractivity contribution in [2.75, 3.05) is 13.1 Å². The molecule has 1 unspecified atom stereocenters. The summed E-state index contributed by atoms with van der Waals surface area (Å²) in [5.74, 6) is -0.0995. The van der Waals surface area contributed by atoms with Gasteiger partial charge in [0.05, 0.1) is 18.1 Å². The van der Waals surface area contributed by atoms with Gasteiger partial charge in [-0.15, -0.1) is 0 Å². The summed E-state index contributed by atoms with van der Waals surface area (Å²) < 4.78 is 28.8. The lowest BCUT2D eigenvalue weighted by molar-refractivity contribution is 0.0906. The molecule has 0 saturated carbocycles. The van der Waals surface area contributed by atoms with Crippen molar-refractivity contribution in [2.24, 2.45) is 13.0 Å². The van der Waals surface area contributed by atoms with Crippen LogP contribution in [0.1, 0.15) is 34.9 Å². The summed E-state index contributed by atoms with van der Waals surface area (Å²) in [6, 6.07) is 14.4. The molecule has 0 aliphatic carbocycles. The quantitative estimate of drug-likeness (QED) is 0.636. The van der Waals surface area contributed by atoms with Gasteiger partial charge in [-0.05, 0) is 43.0 Å². The average Bonchev–Trinajstić information content (AvgIpc) is 3.26. The first-order valence-corrected chi connectivity index (χ1v) is 11.6. The molecule has 2 aromatic heterocycles. The second-order valence-electron chi connectivity index (χ2n) is 7.69. The van der Waals surface area contributed by atoms with E-state index in [9.17, 15) is 13.2 Å². The van der Waals surface area contributed by atoms with Crippen LogP contribution in [0.3, 0.4) is 0 Å². The Labute approximate surface area is 182 Å². The Morgan fingerprint density at radius 1 is 1.06 bits per heavy atom. The maximum absolute atomic E-state index is 12.9. The highest BCUT2D eigenvalue weighted by Gasteiger charge is 2.35. The van der Waals surface area contributed by atoms with Crippen LogP contribution in [0.2, 0.25) is 0 Å². The van der Waals surface area contributed by atoms with E-state index in [1.54, 1.807) is 29.9 Å². The van der Waals surface area contributed by atoms with E-state index < -0.39 is 10.0 Å². The fourth-order valence-electron chi connectivity index (χ4n) is 3.91. The summed E-state index contributed by atoms with van der Waals surface area (Å²) in [5.41, 5.74) is 1.36. The van der Waals surface area contributed by atoms with Crippen LogP contribution in [0.25, 0.3) is 0 Å². The molecule has 3 heterocycles. The zero-order chi connectivity index (χ0) is 21.8. The van der Waals surface area contributed by atoms with E-state index >= 15 is 0 Å². The zero-order valence-electron chi connectivity index (χ0n) is 17.3. The number of aryl methyl sites for hydroxylation is 1. The normalized spacial score (nSPS) is 16.7. The number of rotatable bonds is 6. The summed E-state index contributed by atoms with van der Waals surface area (Å²) in [7, 11) is -1.88. The van der Waals surface area contributed by atoms with Crippen molar-refractivity contribution >= 4 is 15.9 Å². The number of benzene rings is 1. The number of nitrogens with one attached hydrogen (secondary N) is 1. The van der Waals surface area contributed by atoms with Crippen LogP contribution in [-0.2, 0) is 17.1 Å². The topological polar surface area (TPSA) is 97.2 Å². The van der Waals surface area contributed by atoms with E-state index in [0.717, 1.165) is 5.69 Å². The number of carbonyl (C=O) groups is 1. The van der Waals surface area contributed by atoms with Crippen molar-refractivity contribution in [3.63, 3.8) is 0 Å². The number of nitrogens with zero attached hydrogens (tertiary/aromatic N) is 4. The van der Waals surface area contributed by atoms with E-state index in [1.165, 1.54) is 16.8 Å². The van der Waals surface area contributed by atoms with Crippen LogP contribution in [-0.4, -0.2) is 46.3 Å². The third-order valence-electron chi connectivity index (χ3n) is 5.58. The first-order valence-electron chi connectivity index (χ1n) is 10.2. The molecule has 9 heteroatoms. The Hall–Kier alpha value is -3.04. The van der Waals surface area contributed by atoms with Crippen molar-refractivity contribution < 1.29 is 13.2 Å². The van der Waals surface area contributed by atoms with Crippen molar-refractivity contribution in [3.05, 3.63) is 78.5 Å². The summed E-state index contributed by atoms with van der Waals surface area (Å²) >= 11 is 0. The molecule has 1 saturated heterocycles. The lowest BCUT2D eigenvalue weighted by Crippen LogP contribution is -2.43. The Morgan fingerprint density at radius 2 is 1.77 bits per heavy atom. The monoisotopic (exact) mass is 439 g/mol. The molecule has 8 nitrogen and oxygen atoms in total. The lowest BCUT2D eigenvalue weighted by atomic mass is 9.87. The van der Waals surface area contributed by atoms with Gasteiger partial charge in [-0.3, -0.25) is 9.78 Å². The number of carbonyl (C=O) groups excluding carboxylic acids is 1. The van der Waals surface area contributed by atoms with Gasteiger partial charge in [0.25, 0.3) is 15.9 Å². The Balaban J connectivity index is 1.50. The predicted molar refractivity (Wildman–Crippen MR) is 116 cm³/mol. The number of piperidine rings is 1. The Morgan fingerprint density at radius 3 is 2.39 bits per heavy atom. The van der Waals surface area contributed by atoms with Crippen molar-refractivity contribution in [1.82, 2.24) is 24.2 Å². The van der Waals surface area contributed by atoms with Gasteiger partial charge in [-0.1, -0.05) is 24.3 Å². The Bertz CT molecular complexity index is 1120. The van der Waals surface area contributed by atoms with E-state index in [2.05, 4.69) is 15.3 Å². The molecule has 3 aromatic rings. The molecular weight excluding hydrogens is 414 g/mol. The van der Waals surface area contributed by atoms with Crippen molar-refractivity contribution in [3.8, 4) is 0 Å². The predicted octanol–water partition coefficient (Wildman–Crippen LogP) is 2.39. The number of aromatic nitrogens is 3. The third kappa shape index (κ3) is 4.67. The largest absolute Gasteiger partial charge is 0.343 e. The number of sulfonamides is 1. The molecule has 1 fully saturated rings. The molecule has 1 atom stereocenters. The fourth-order valence-corrected chi connectivity index (χ4v) is 5.35. The summed E-state index contributed by atoms with van der Waals surface area (Å²) in [6.07, 6.45) is 5.93. The highest BCUT2D eigenvalue weighted by Crippen LogP contribution is 2.32. The molecule has 0 bridgehead atoms. The van der Waals surface area contributed by atoms with Crippen molar-refractivity contribution in [1.29, 1.82) is 0 Å². The molecule has 1 aliphatic rings. The SMILES string of the molecule is Cn1cnc(S(=O)(=O)N2CCC(C(NC(=O)c3ccccc3)c3ccccn3)CC2)c1. The van der Waals surface area contributed by atoms with Gasteiger partial charge in [0.2, 0.25) is 0 Å². The molecule has 4 rings (SSSR count). The van der Waals surface area contributed by atoms with E-state index in [-0.39, 0.29) is 22.9 Å². The number of hydrogen-bond acceptors (Lipinski definition) is 5. The smallest absolute Gasteiger partial charge is 0.262 e. The molecular formula is C22H25N5O3S. The van der Waals surface area contributed by atoms with Crippen LogP contribution < -0.4 is 5.32 Å². The summed E-state index contributed by atoms with van der Waals surface area (Å²) in [4.78, 5) is 21.3. The Kier molecular flexibility index (Phi) is 6.15. The molecule has 0 spiro atoms. The van der Waals surface area contributed by atoms with Crippen LogP contribution in [0.4, 0.5) is 0 Å². The fraction of sp³-hybridized carbons (Fsp3) is 0.318. The second kappa shape index (κ2) is 8.99. The maximum atomic E-state index is 12.9. The van der Waals surface area contributed by atoms with E-state index in [1.807, 2.05) is 36.4 Å². The van der Waals surface area contributed by atoms with Gasteiger partial charge in [0.1, 0.15) is 0 Å². The third-order valence-corrected chi connectivity index (χ3v) is 7.37. The molecule has 31 heavy (non-hydrogen) atoms. The van der Waals surface area contributed by atoms with Gasteiger partial charge in [-0.2, -0.15) is 4.31 Å². The molecule has 1 amide bonds. The highest BCUT2D eigenvalue weighted by atomic mass is 32.2. The van der Waals surface area contributed by atoms with Gasteiger partial charge >= 0.3 is 0 Å². The number of amides is 1. The first-order chi connectivity index (χ1) is 14.9. The van der Waals surface area contributed by atoms with Crippen LogP contribution in [0.15, 0.2) is 72.3 Å². The van der Waals surface area contributed by atoms with E-state index in [0.29, 0.717) is 31.5 Å². The molecule has 1 N–H and O–H groups in total. The average molecular weight is 440 g/mol. The molecule has 1 aromatic carbocycles. The van der Waals surface area contributed by atoms with E-state index in [4.69, 9.17) is 0 Å². The number of imidazole rings is 1. The first kappa shape index (κ1) is 21.2. The zero-order valence-corrected chi connectivity index (χ0v) is 18.1. The molecule has 1 aliphatic heterocycles. The summed E-state index contributed by atoms with van der Waals surface area (Å²) in [6.45, 7) is 0.738. The van der Waals surface area contributed by atoms with Gasteiger partial charge < -0.3 is 9.88 Å². The highest BCUT2D eigenvalue weighted by molar-refractivity contribution is 7.89. The minimum atomic E-state index is -3.62. The second-order valence-corrected chi connectivity index (χ2v) is 9.58. The molecule has 162 valence electrons. The molecule has 0 radical (unpaired) electrons. The standard InChI is InChI=1S/C22H25N5O3S/c1-26-15-20(24-16-26)31(29,30)27-13-10-17(11-14-27)21(19-9-5-6-12-23-19)25-22(28)18-7-3-2-4-8-18/h2-9,12,15-17,21H,10-11,13-14H2,1H3,(H,25,28). The van der Waals surface area contributed by atoms with Crippen molar-refractivity contribution in [2.45, 2.75) is 23.9 Å². The maximum Gasteiger partial charge on any atom is 0.262 e. The van der Waals surface area contributed by atoms with Gasteiger partial charge in [-0.25, -0.2) is 13.4 Å². The number of pyridine rings is 1. The van der Waals surface area contributed by atoms with Crippen LogP contribution in [0.5, 0.6) is 0 Å². The lowest BCUT2D eigenvalue weighted by Gasteiger charge is -2.35. The van der Waals surface area contributed by atoms with Gasteiger partial charge in [0.15, 0.2) is 5.03 Å². The van der Waals surface area contributed by atoms with Crippen LogP contribution in [0, 0.1) is 5.92 Å². The minimum absolute atomic E-state index is 0.0621. The van der Waals surface area contributed by atoms with Gasteiger partial charge in [0, 0.05) is 38.1 Å². The minimum Gasteiger partial charge on any atom is -0.343 e. The number of hydrogen-bond donors (Lipinski definition) is 1. The van der Waals surface area contributed by atoms with Crippen LogP contribution >= 0.6 is 0 Å².